The summed E-state index contributed by atoms with van der Waals surface area (Å²) >= 11 is 0. The van der Waals surface area contributed by atoms with Gasteiger partial charge in [-0.25, -0.2) is 0 Å². The highest BCUT2D eigenvalue weighted by Crippen LogP contribution is 2.23. The zero-order valence-electron chi connectivity index (χ0n) is 14.8. The van der Waals surface area contributed by atoms with Crippen LogP contribution in [0.2, 0.25) is 0 Å². The molecule has 0 bridgehead atoms. The molecule has 2 nitrogen and oxygen atoms in total. The minimum Gasteiger partial charge on any atom is -0.356 e. The summed E-state index contributed by atoms with van der Waals surface area (Å²) in [5.41, 5.74) is 0. The first-order chi connectivity index (χ1) is 10.3. The maximum Gasteiger partial charge on any atom is 0.101 e. The van der Waals surface area contributed by atoms with Gasteiger partial charge >= 0.3 is 0 Å². The zero-order valence-corrected chi connectivity index (χ0v) is 14.8. The van der Waals surface area contributed by atoms with Gasteiger partial charge in [-0.05, 0) is 25.7 Å². The van der Waals surface area contributed by atoms with Crippen molar-refractivity contribution in [2.75, 3.05) is 13.1 Å². The molecule has 0 atom stereocenters. The van der Waals surface area contributed by atoms with E-state index in [1.165, 1.54) is 83.7 Å². The van der Waals surface area contributed by atoms with Crippen LogP contribution in [0.15, 0.2) is 12.4 Å². The van der Waals surface area contributed by atoms with E-state index in [-0.39, 0.29) is 0 Å². The maximum atomic E-state index is 2.60. The van der Waals surface area contributed by atoms with E-state index < -0.39 is 0 Å². The predicted molar refractivity (Wildman–Crippen MR) is 94.1 cm³/mol. The highest BCUT2D eigenvalue weighted by atomic mass is 15.4. The molecule has 0 amide bonds. The first-order valence-corrected chi connectivity index (χ1v) is 9.53. The first-order valence-electron chi connectivity index (χ1n) is 9.53. The van der Waals surface area contributed by atoms with Crippen molar-refractivity contribution < 1.29 is 0 Å². The Hall–Kier alpha value is -0.660. The summed E-state index contributed by atoms with van der Waals surface area (Å²) in [6, 6.07) is 0. The third-order valence-electron chi connectivity index (χ3n) is 4.57. The average molecular weight is 295 g/mol. The third kappa shape index (κ3) is 7.24. The predicted octanol–water partition coefficient (Wildman–Crippen LogP) is 5.75. The first kappa shape index (κ1) is 18.4. The van der Waals surface area contributed by atoms with Crippen LogP contribution in [0.1, 0.15) is 91.4 Å². The molecule has 1 heterocycles. The van der Waals surface area contributed by atoms with Gasteiger partial charge in [0, 0.05) is 25.5 Å². The second kappa shape index (κ2) is 11.9. The smallest absolute Gasteiger partial charge is 0.101 e. The Bertz CT molecular complexity index is 242. The molecule has 0 aromatic rings. The van der Waals surface area contributed by atoms with Crippen molar-refractivity contribution in [3.63, 3.8) is 0 Å². The molecule has 0 aromatic heterocycles. The lowest BCUT2D eigenvalue weighted by Crippen LogP contribution is -2.39. The van der Waals surface area contributed by atoms with Crippen molar-refractivity contribution in [1.82, 2.24) is 9.80 Å². The summed E-state index contributed by atoms with van der Waals surface area (Å²) in [6.45, 7) is 9.36. The van der Waals surface area contributed by atoms with Crippen LogP contribution in [-0.2, 0) is 0 Å². The molecule has 0 aromatic carbocycles. The van der Waals surface area contributed by atoms with Crippen LogP contribution in [0.5, 0.6) is 0 Å². The molecular weight excluding hydrogens is 256 g/mol. The normalized spacial score (nSPS) is 15.4. The van der Waals surface area contributed by atoms with Crippen LogP contribution in [0.4, 0.5) is 0 Å². The lowest BCUT2D eigenvalue weighted by atomic mass is 10.1. The number of hydrogen-bond acceptors (Lipinski definition) is 2. The molecule has 1 aliphatic rings. The molecule has 0 spiro atoms. The quantitative estimate of drug-likeness (QED) is 0.399. The molecule has 0 saturated carbocycles. The second-order valence-electron chi connectivity index (χ2n) is 6.52. The molecule has 0 N–H and O–H groups in total. The van der Waals surface area contributed by atoms with Crippen LogP contribution in [0.3, 0.4) is 0 Å². The summed E-state index contributed by atoms with van der Waals surface area (Å²) in [4.78, 5) is 5.21. The van der Waals surface area contributed by atoms with Gasteiger partial charge in [-0.15, -0.1) is 0 Å². The Labute approximate surface area is 133 Å². The minimum absolute atomic E-state index is 0.649. The summed E-state index contributed by atoms with van der Waals surface area (Å²) in [5, 5.41) is 0. The Kier molecular flexibility index (Phi) is 10.5. The monoisotopic (exact) mass is 294 g/mol. The molecule has 1 rings (SSSR count). The van der Waals surface area contributed by atoms with Gasteiger partial charge in [0.05, 0.1) is 0 Å². The van der Waals surface area contributed by atoms with Crippen molar-refractivity contribution in [3.8, 4) is 0 Å². The van der Waals surface area contributed by atoms with E-state index in [2.05, 4.69) is 43.0 Å². The molecular formula is C19H38N2. The fourth-order valence-corrected chi connectivity index (χ4v) is 3.18. The maximum absolute atomic E-state index is 2.60. The molecule has 1 aliphatic heterocycles. The second-order valence-corrected chi connectivity index (χ2v) is 6.52. The molecule has 2 heteroatoms. The van der Waals surface area contributed by atoms with Gasteiger partial charge in [0.15, 0.2) is 0 Å². The van der Waals surface area contributed by atoms with Gasteiger partial charge in [-0.3, -0.25) is 0 Å². The molecule has 0 saturated heterocycles. The van der Waals surface area contributed by atoms with E-state index >= 15 is 0 Å². The number of nitrogens with zero attached hydrogens (tertiary/aromatic N) is 2. The van der Waals surface area contributed by atoms with E-state index in [1.54, 1.807) is 0 Å². The SMILES string of the molecule is CCCCCCC1N(CCCCC)C=CN1CCCCC. The highest BCUT2D eigenvalue weighted by molar-refractivity contribution is 4.96. The van der Waals surface area contributed by atoms with E-state index in [4.69, 9.17) is 0 Å². The van der Waals surface area contributed by atoms with E-state index in [1.807, 2.05) is 0 Å². The van der Waals surface area contributed by atoms with Crippen LogP contribution < -0.4 is 0 Å². The van der Waals surface area contributed by atoms with Crippen molar-refractivity contribution in [2.45, 2.75) is 97.6 Å². The van der Waals surface area contributed by atoms with Gasteiger partial charge in [0.25, 0.3) is 0 Å². The highest BCUT2D eigenvalue weighted by Gasteiger charge is 2.24. The standard InChI is InChI=1S/C19H38N2/c1-4-7-10-11-14-19-20(15-12-8-5-2)17-18-21(19)16-13-9-6-3/h17-19H,4-16H2,1-3H3. The molecule has 0 unspecified atom stereocenters. The molecule has 124 valence electrons. The third-order valence-corrected chi connectivity index (χ3v) is 4.57. The van der Waals surface area contributed by atoms with Gasteiger partial charge in [0.1, 0.15) is 6.17 Å². The molecule has 0 radical (unpaired) electrons. The summed E-state index contributed by atoms with van der Waals surface area (Å²) in [6.07, 6.45) is 20.3. The van der Waals surface area contributed by atoms with Crippen molar-refractivity contribution >= 4 is 0 Å². The number of unbranched alkanes of at least 4 members (excludes halogenated alkanes) is 7. The van der Waals surface area contributed by atoms with Crippen LogP contribution in [0, 0.1) is 0 Å². The van der Waals surface area contributed by atoms with Crippen LogP contribution in [0.25, 0.3) is 0 Å². The lowest BCUT2D eigenvalue weighted by Gasteiger charge is -2.33. The Balaban J connectivity index is 2.39. The summed E-state index contributed by atoms with van der Waals surface area (Å²) in [5.74, 6) is 0. The van der Waals surface area contributed by atoms with Crippen molar-refractivity contribution in [3.05, 3.63) is 12.4 Å². The summed E-state index contributed by atoms with van der Waals surface area (Å²) in [7, 11) is 0. The number of rotatable bonds is 13. The average Bonchev–Trinajstić information content (AvgIpc) is 2.87. The molecule has 21 heavy (non-hydrogen) atoms. The Morgan fingerprint density at radius 1 is 0.619 bits per heavy atom. The summed E-state index contributed by atoms with van der Waals surface area (Å²) < 4.78 is 0. The fourth-order valence-electron chi connectivity index (χ4n) is 3.18. The van der Waals surface area contributed by atoms with Crippen LogP contribution in [-0.4, -0.2) is 29.1 Å². The Morgan fingerprint density at radius 2 is 1.10 bits per heavy atom. The van der Waals surface area contributed by atoms with Gasteiger partial charge < -0.3 is 9.80 Å². The molecule has 0 aliphatic carbocycles. The van der Waals surface area contributed by atoms with Gasteiger partial charge in [0.2, 0.25) is 0 Å². The fraction of sp³-hybridized carbons (Fsp3) is 0.895. The number of hydrogen-bond donors (Lipinski definition) is 0. The van der Waals surface area contributed by atoms with Gasteiger partial charge in [-0.2, -0.15) is 0 Å². The zero-order chi connectivity index (χ0) is 15.3. The minimum atomic E-state index is 0.649. The van der Waals surface area contributed by atoms with Gasteiger partial charge in [-0.1, -0.05) is 65.7 Å². The largest absolute Gasteiger partial charge is 0.356 e. The van der Waals surface area contributed by atoms with E-state index in [0.29, 0.717) is 6.17 Å². The topological polar surface area (TPSA) is 6.48 Å². The van der Waals surface area contributed by atoms with Crippen LogP contribution >= 0.6 is 0 Å². The van der Waals surface area contributed by atoms with Crippen molar-refractivity contribution in [2.24, 2.45) is 0 Å². The lowest BCUT2D eigenvalue weighted by molar-refractivity contribution is 0.136. The van der Waals surface area contributed by atoms with Crippen molar-refractivity contribution in [1.29, 1.82) is 0 Å². The van der Waals surface area contributed by atoms with E-state index in [0.717, 1.165) is 0 Å². The molecule has 0 fully saturated rings. The van der Waals surface area contributed by atoms with E-state index in [9.17, 15) is 0 Å². The Morgan fingerprint density at radius 3 is 1.57 bits per heavy atom.